The number of rotatable bonds is 4. The molecule has 0 aliphatic heterocycles. The third kappa shape index (κ3) is 3.59. The summed E-state index contributed by atoms with van der Waals surface area (Å²) in [5.74, 6) is 0. The largest absolute Gasteiger partial charge is 0.399 e. The Bertz CT molecular complexity index is 580. The monoisotopic (exact) mass is 287 g/mol. The lowest BCUT2D eigenvalue weighted by Gasteiger charge is -2.31. The van der Waals surface area contributed by atoms with Crippen LogP contribution in [0.3, 0.4) is 0 Å². The highest BCUT2D eigenvalue weighted by Crippen LogP contribution is 2.29. The molecule has 1 aromatic carbocycles. The number of hydrogen-bond acceptors (Lipinski definition) is 5. The van der Waals surface area contributed by atoms with Crippen molar-refractivity contribution in [2.75, 3.05) is 11.1 Å². The van der Waals surface area contributed by atoms with Gasteiger partial charge in [-0.3, -0.25) is 0 Å². The summed E-state index contributed by atoms with van der Waals surface area (Å²) in [5, 5.41) is 17.9. The van der Waals surface area contributed by atoms with Gasteiger partial charge in [0, 0.05) is 11.4 Å². The van der Waals surface area contributed by atoms with Crippen molar-refractivity contribution in [1.82, 2.24) is 0 Å². The molecule has 0 amide bonds. The average molecular weight is 287 g/mol. The van der Waals surface area contributed by atoms with E-state index in [-0.39, 0.29) is 4.90 Å². The van der Waals surface area contributed by atoms with E-state index >= 15 is 0 Å². The first-order valence-corrected chi connectivity index (χ1v) is 7.39. The van der Waals surface area contributed by atoms with Gasteiger partial charge in [0.05, 0.1) is 16.5 Å². The second-order valence-electron chi connectivity index (χ2n) is 5.26. The fourth-order valence-electron chi connectivity index (χ4n) is 1.59. The number of primary sulfonamides is 1. The van der Waals surface area contributed by atoms with E-state index in [0.29, 0.717) is 16.9 Å². The molecule has 0 saturated heterocycles. The number of nitrogens with two attached hydrogens (primary N) is 2. The van der Waals surface area contributed by atoms with Crippen molar-refractivity contribution in [3.8, 4) is 0 Å². The molecule has 1 atom stereocenters. The van der Waals surface area contributed by atoms with Gasteiger partial charge in [0.25, 0.3) is 0 Å². The van der Waals surface area contributed by atoms with Gasteiger partial charge in [-0.05, 0) is 45.4 Å². The number of nitrogens with one attached hydrogen (secondary N) is 1. The van der Waals surface area contributed by atoms with Gasteiger partial charge >= 0.3 is 0 Å². The van der Waals surface area contributed by atoms with Crippen LogP contribution in [0.1, 0.15) is 26.3 Å². The zero-order chi connectivity index (χ0) is 15.0. The Morgan fingerprint density at radius 3 is 2.32 bits per heavy atom. The SMILES string of the molecule is Cc1c(NC(C)(C)C(C)O)cc(N)cc1S(N)(=O)=O. The minimum absolute atomic E-state index is 0.0172. The first kappa shape index (κ1) is 15.7. The van der Waals surface area contributed by atoms with E-state index in [9.17, 15) is 13.5 Å². The summed E-state index contributed by atoms with van der Waals surface area (Å²) in [6, 6.07) is 2.94. The fraction of sp³-hybridized carbons (Fsp3) is 0.500. The molecule has 0 aliphatic rings. The summed E-state index contributed by atoms with van der Waals surface area (Å²) < 4.78 is 23.0. The Morgan fingerprint density at radius 1 is 1.37 bits per heavy atom. The van der Waals surface area contributed by atoms with Crippen molar-refractivity contribution in [2.24, 2.45) is 5.14 Å². The number of aliphatic hydroxyl groups excluding tert-OH is 1. The van der Waals surface area contributed by atoms with Gasteiger partial charge in [0.15, 0.2) is 0 Å². The summed E-state index contributed by atoms with van der Waals surface area (Å²) in [6.45, 7) is 6.89. The quantitative estimate of drug-likeness (QED) is 0.611. The van der Waals surface area contributed by atoms with Gasteiger partial charge in [-0.25, -0.2) is 13.6 Å². The van der Waals surface area contributed by atoms with Crippen LogP contribution in [-0.4, -0.2) is 25.2 Å². The zero-order valence-electron chi connectivity index (χ0n) is 11.6. The van der Waals surface area contributed by atoms with Crippen LogP contribution < -0.4 is 16.2 Å². The van der Waals surface area contributed by atoms with Crippen LogP contribution in [0.25, 0.3) is 0 Å². The van der Waals surface area contributed by atoms with E-state index in [0.717, 1.165) is 0 Å². The lowest BCUT2D eigenvalue weighted by atomic mass is 9.97. The normalized spacial score (nSPS) is 14.2. The van der Waals surface area contributed by atoms with Crippen LogP contribution >= 0.6 is 0 Å². The Hall–Kier alpha value is -1.31. The Morgan fingerprint density at radius 2 is 1.89 bits per heavy atom. The van der Waals surface area contributed by atoms with E-state index in [4.69, 9.17) is 10.9 Å². The fourth-order valence-corrected chi connectivity index (χ4v) is 2.42. The first-order chi connectivity index (χ1) is 8.45. The van der Waals surface area contributed by atoms with Crippen LogP contribution in [-0.2, 0) is 10.0 Å². The maximum absolute atomic E-state index is 11.5. The van der Waals surface area contributed by atoms with Gasteiger partial charge in [0.2, 0.25) is 10.0 Å². The highest BCUT2D eigenvalue weighted by molar-refractivity contribution is 7.89. The number of aliphatic hydroxyl groups is 1. The maximum atomic E-state index is 11.5. The zero-order valence-corrected chi connectivity index (χ0v) is 12.4. The maximum Gasteiger partial charge on any atom is 0.238 e. The standard InChI is InChI=1S/C12H21N3O3S/c1-7-10(15-12(3,4)8(2)16)5-9(13)6-11(7)19(14,17)18/h5-6,8,15-16H,13H2,1-4H3,(H2,14,17,18). The van der Waals surface area contributed by atoms with E-state index < -0.39 is 21.7 Å². The molecule has 1 aromatic rings. The molecular formula is C12H21N3O3S. The van der Waals surface area contributed by atoms with Crippen molar-refractivity contribution in [2.45, 2.75) is 44.2 Å². The summed E-state index contributed by atoms with van der Waals surface area (Å²) in [4.78, 5) is -0.0172. The molecule has 6 nitrogen and oxygen atoms in total. The molecule has 108 valence electrons. The van der Waals surface area contributed by atoms with Crippen molar-refractivity contribution < 1.29 is 13.5 Å². The van der Waals surface area contributed by atoms with Crippen LogP contribution in [0.5, 0.6) is 0 Å². The van der Waals surface area contributed by atoms with Crippen molar-refractivity contribution in [3.63, 3.8) is 0 Å². The molecule has 7 heteroatoms. The number of nitrogen functional groups attached to an aromatic ring is 1. The van der Waals surface area contributed by atoms with Crippen molar-refractivity contribution >= 4 is 21.4 Å². The molecule has 19 heavy (non-hydrogen) atoms. The second kappa shape index (κ2) is 4.99. The summed E-state index contributed by atoms with van der Waals surface area (Å²) in [5.41, 5.74) is 6.37. The summed E-state index contributed by atoms with van der Waals surface area (Å²) in [6.07, 6.45) is -0.633. The van der Waals surface area contributed by atoms with Crippen molar-refractivity contribution in [1.29, 1.82) is 0 Å². The minimum Gasteiger partial charge on any atom is -0.399 e. The van der Waals surface area contributed by atoms with E-state index in [1.807, 2.05) is 0 Å². The third-order valence-corrected chi connectivity index (χ3v) is 4.23. The molecule has 0 bridgehead atoms. The van der Waals surface area contributed by atoms with Gasteiger partial charge in [-0.2, -0.15) is 0 Å². The second-order valence-corrected chi connectivity index (χ2v) is 6.79. The van der Waals surface area contributed by atoms with Crippen molar-refractivity contribution in [3.05, 3.63) is 17.7 Å². The molecule has 0 heterocycles. The molecule has 1 rings (SSSR count). The molecule has 1 unspecified atom stereocenters. The Kier molecular flexibility index (Phi) is 4.14. The van der Waals surface area contributed by atoms with E-state index in [1.165, 1.54) is 6.07 Å². The van der Waals surface area contributed by atoms with Crippen LogP contribution in [0.2, 0.25) is 0 Å². The third-order valence-electron chi connectivity index (χ3n) is 3.19. The average Bonchev–Trinajstić information content (AvgIpc) is 2.20. The molecule has 0 spiro atoms. The van der Waals surface area contributed by atoms with Gasteiger partial charge < -0.3 is 16.2 Å². The topological polar surface area (TPSA) is 118 Å². The number of hydrogen-bond donors (Lipinski definition) is 4. The van der Waals surface area contributed by atoms with Crippen LogP contribution in [0, 0.1) is 6.92 Å². The van der Waals surface area contributed by atoms with E-state index in [1.54, 1.807) is 33.8 Å². The van der Waals surface area contributed by atoms with Crippen LogP contribution in [0.15, 0.2) is 17.0 Å². The molecule has 0 aromatic heterocycles. The Balaban J connectivity index is 3.35. The molecule has 0 radical (unpaired) electrons. The summed E-state index contributed by atoms with van der Waals surface area (Å²) in [7, 11) is -3.84. The van der Waals surface area contributed by atoms with E-state index in [2.05, 4.69) is 5.32 Å². The lowest BCUT2D eigenvalue weighted by Crippen LogP contribution is -2.42. The smallest absolute Gasteiger partial charge is 0.238 e. The number of benzene rings is 1. The molecule has 0 aliphatic carbocycles. The number of anilines is 2. The Labute approximate surface area is 113 Å². The predicted octanol–water partition coefficient (Wildman–Crippen LogP) is 0.796. The number of sulfonamides is 1. The first-order valence-electron chi connectivity index (χ1n) is 5.84. The molecule has 0 saturated carbocycles. The molecule has 6 N–H and O–H groups in total. The lowest BCUT2D eigenvalue weighted by molar-refractivity contribution is 0.133. The van der Waals surface area contributed by atoms with Gasteiger partial charge in [-0.1, -0.05) is 0 Å². The van der Waals surface area contributed by atoms with Crippen LogP contribution in [0.4, 0.5) is 11.4 Å². The molecule has 0 fully saturated rings. The van der Waals surface area contributed by atoms with Gasteiger partial charge in [-0.15, -0.1) is 0 Å². The summed E-state index contributed by atoms with van der Waals surface area (Å²) >= 11 is 0. The molecular weight excluding hydrogens is 266 g/mol. The predicted molar refractivity (Wildman–Crippen MR) is 76.3 cm³/mol. The highest BCUT2D eigenvalue weighted by atomic mass is 32.2. The highest BCUT2D eigenvalue weighted by Gasteiger charge is 2.25. The minimum atomic E-state index is -3.84. The van der Waals surface area contributed by atoms with Gasteiger partial charge in [0.1, 0.15) is 0 Å².